The molecule has 0 atom stereocenters. The number of benzene rings is 1. The summed E-state index contributed by atoms with van der Waals surface area (Å²) in [5.74, 6) is 1.43. The fourth-order valence-electron chi connectivity index (χ4n) is 1.59. The fraction of sp³-hybridized carbons (Fsp3) is 0.562. The van der Waals surface area contributed by atoms with Crippen LogP contribution in [0.25, 0.3) is 0 Å². The molecule has 0 heterocycles. The highest BCUT2D eigenvalue weighted by Gasteiger charge is 2.15. The lowest BCUT2D eigenvalue weighted by molar-refractivity contribution is 0.0945. The van der Waals surface area contributed by atoms with Gasteiger partial charge in [-0.05, 0) is 38.0 Å². The number of carbonyl (C=O) groups is 1. The second kappa shape index (κ2) is 8.86. The first-order valence-corrected chi connectivity index (χ1v) is 7.11. The topological polar surface area (TPSA) is 73.6 Å². The van der Waals surface area contributed by atoms with Gasteiger partial charge in [0.1, 0.15) is 0 Å². The highest BCUT2D eigenvalue weighted by atomic mass is 35.5. The standard InChI is InChI=1S/C16H26N2O3.ClH/c1-11(2)9-21-13-7-6-12(8-14(13)20-5)15(19)18-10-16(3,4)17;/h6-8,11H,9-10,17H2,1-5H3,(H,18,19);1H. The van der Waals surface area contributed by atoms with Gasteiger partial charge in [-0.3, -0.25) is 4.79 Å². The van der Waals surface area contributed by atoms with Crippen molar-refractivity contribution >= 4 is 18.3 Å². The van der Waals surface area contributed by atoms with Gasteiger partial charge in [-0.2, -0.15) is 0 Å². The van der Waals surface area contributed by atoms with E-state index in [1.54, 1.807) is 25.3 Å². The zero-order chi connectivity index (χ0) is 16.0. The summed E-state index contributed by atoms with van der Waals surface area (Å²) < 4.78 is 10.9. The Balaban J connectivity index is 0.00000441. The van der Waals surface area contributed by atoms with E-state index in [4.69, 9.17) is 15.2 Å². The molecule has 0 bridgehead atoms. The Kier molecular flexibility index (Phi) is 8.27. The van der Waals surface area contributed by atoms with Crippen LogP contribution in [0.5, 0.6) is 11.5 Å². The van der Waals surface area contributed by atoms with Crippen molar-refractivity contribution in [2.24, 2.45) is 11.7 Å². The van der Waals surface area contributed by atoms with Crippen LogP contribution < -0.4 is 20.5 Å². The molecule has 0 saturated carbocycles. The van der Waals surface area contributed by atoms with Gasteiger partial charge in [0.15, 0.2) is 11.5 Å². The average Bonchev–Trinajstić information content (AvgIpc) is 2.41. The van der Waals surface area contributed by atoms with Crippen LogP contribution in [0, 0.1) is 5.92 Å². The van der Waals surface area contributed by atoms with Crippen LogP contribution in [0.3, 0.4) is 0 Å². The zero-order valence-corrected chi connectivity index (χ0v) is 14.8. The number of halogens is 1. The average molecular weight is 331 g/mol. The molecule has 0 unspecified atom stereocenters. The molecular formula is C16H27ClN2O3. The Morgan fingerprint density at radius 2 is 1.95 bits per heavy atom. The number of methoxy groups -OCH3 is 1. The van der Waals surface area contributed by atoms with E-state index >= 15 is 0 Å². The van der Waals surface area contributed by atoms with E-state index < -0.39 is 5.54 Å². The van der Waals surface area contributed by atoms with E-state index in [0.29, 0.717) is 36.1 Å². The number of nitrogens with one attached hydrogen (secondary N) is 1. The SMILES string of the molecule is COc1cc(C(=O)NCC(C)(C)N)ccc1OCC(C)C.Cl. The van der Waals surface area contributed by atoms with Crippen molar-refractivity contribution in [1.29, 1.82) is 0 Å². The minimum absolute atomic E-state index is 0. The van der Waals surface area contributed by atoms with Crippen LogP contribution in [0.15, 0.2) is 18.2 Å². The molecule has 0 fully saturated rings. The maximum atomic E-state index is 12.1. The van der Waals surface area contributed by atoms with Crippen LogP contribution in [0.2, 0.25) is 0 Å². The summed E-state index contributed by atoms with van der Waals surface area (Å²) in [6.45, 7) is 8.86. The molecule has 0 aromatic heterocycles. The summed E-state index contributed by atoms with van der Waals surface area (Å²) >= 11 is 0. The maximum Gasteiger partial charge on any atom is 0.251 e. The number of hydrogen-bond acceptors (Lipinski definition) is 4. The van der Waals surface area contributed by atoms with Gasteiger partial charge < -0.3 is 20.5 Å². The van der Waals surface area contributed by atoms with Crippen LogP contribution in [0.1, 0.15) is 38.1 Å². The molecule has 1 aromatic rings. The first-order chi connectivity index (χ1) is 9.73. The van der Waals surface area contributed by atoms with Crippen LogP contribution in [0.4, 0.5) is 0 Å². The molecule has 6 heteroatoms. The lowest BCUT2D eigenvalue weighted by Gasteiger charge is -2.19. The third-order valence-corrected chi connectivity index (χ3v) is 2.70. The Morgan fingerprint density at radius 1 is 1.32 bits per heavy atom. The van der Waals surface area contributed by atoms with Gasteiger partial charge in [0.2, 0.25) is 0 Å². The number of carbonyl (C=O) groups excluding carboxylic acids is 1. The molecule has 3 N–H and O–H groups in total. The van der Waals surface area contributed by atoms with Gasteiger partial charge in [-0.1, -0.05) is 13.8 Å². The molecule has 22 heavy (non-hydrogen) atoms. The fourth-order valence-corrected chi connectivity index (χ4v) is 1.59. The van der Waals surface area contributed by atoms with Crippen LogP contribution >= 0.6 is 12.4 Å². The zero-order valence-electron chi connectivity index (χ0n) is 13.9. The van der Waals surface area contributed by atoms with Crippen molar-refractivity contribution < 1.29 is 14.3 Å². The summed E-state index contributed by atoms with van der Waals surface area (Å²) in [4.78, 5) is 12.1. The number of ether oxygens (including phenoxy) is 2. The lowest BCUT2D eigenvalue weighted by Crippen LogP contribution is -2.45. The lowest BCUT2D eigenvalue weighted by atomic mass is 10.1. The quantitative estimate of drug-likeness (QED) is 0.806. The van der Waals surface area contributed by atoms with E-state index in [2.05, 4.69) is 19.2 Å². The predicted octanol–water partition coefficient (Wildman–Crippen LogP) is 2.62. The minimum atomic E-state index is -0.444. The maximum absolute atomic E-state index is 12.1. The molecule has 1 rings (SSSR count). The number of rotatable bonds is 7. The molecule has 0 aliphatic heterocycles. The van der Waals surface area contributed by atoms with Gasteiger partial charge in [0.05, 0.1) is 13.7 Å². The summed E-state index contributed by atoms with van der Waals surface area (Å²) in [6.07, 6.45) is 0. The van der Waals surface area contributed by atoms with Crippen molar-refractivity contribution in [1.82, 2.24) is 5.32 Å². The molecule has 0 aliphatic carbocycles. The van der Waals surface area contributed by atoms with Crippen LogP contribution in [-0.4, -0.2) is 31.7 Å². The van der Waals surface area contributed by atoms with E-state index in [9.17, 15) is 4.79 Å². The van der Waals surface area contributed by atoms with Crippen LogP contribution in [-0.2, 0) is 0 Å². The molecule has 126 valence electrons. The summed E-state index contributed by atoms with van der Waals surface area (Å²) in [5.41, 5.74) is 5.93. The molecule has 1 amide bonds. The summed E-state index contributed by atoms with van der Waals surface area (Å²) in [6, 6.07) is 5.15. The second-order valence-electron chi connectivity index (χ2n) is 6.24. The second-order valence-corrected chi connectivity index (χ2v) is 6.24. The van der Waals surface area contributed by atoms with E-state index in [0.717, 1.165) is 0 Å². The third-order valence-electron chi connectivity index (χ3n) is 2.70. The van der Waals surface area contributed by atoms with Gasteiger partial charge in [-0.25, -0.2) is 0 Å². The highest BCUT2D eigenvalue weighted by Crippen LogP contribution is 2.28. The third kappa shape index (κ3) is 7.00. The van der Waals surface area contributed by atoms with Gasteiger partial charge >= 0.3 is 0 Å². The molecule has 5 nitrogen and oxygen atoms in total. The summed E-state index contributed by atoms with van der Waals surface area (Å²) in [5, 5.41) is 2.80. The molecular weight excluding hydrogens is 304 g/mol. The van der Waals surface area contributed by atoms with Gasteiger partial charge in [-0.15, -0.1) is 12.4 Å². The Morgan fingerprint density at radius 3 is 2.45 bits per heavy atom. The van der Waals surface area contributed by atoms with Crippen molar-refractivity contribution in [3.63, 3.8) is 0 Å². The van der Waals surface area contributed by atoms with Crippen molar-refractivity contribution in [3.05, 3.63) is 23.8 Å². The number of nitrogens with two attached hydrogens (primary N) is 1. The first-order valence-electron chi connectivity index (χ1n) is 7.11. The normalized spacial score (nSPS) is 10.9. The van der Waals surface area contributed by atoms with Crippen molar-refractivity contribution in [2.45, 2.75) is 33.2 Å². The monoisotopic (exact) mass is 330 g/mol. The smallest absolute Gasteiger partial charge is 0.251 e. The van der Waals surface area contributed by atoms with Crippen molar-refractivity contribution in [2.75, 3.05) is 20.3 Å². The first kappa shape index (κ1) is 20.5. The van der Waals surface area contributed by atoms with E-state index in [-0.39, 0.29) is 18.3 Å². The largest absolute Gasteiger partial charge is 0.493 e. The van der Waals surface area contributed by atoms with Crippen molar-refractivity contribution in [3.8, 4) is 11.5 Å². The Bertz CT molecular complexity index is 485. The molecule has 0 saturated heterocycles. The Hall–Kier alpha value is -1.46. The highest BCUT2D eigenvalue weighted by molar-refractivity contribution is 5.94. The molecule has 0 spiro atoms. The van der Waals surface area contributed by atoms with Gasteiger partial charge in [0, 0.05) is 17.6 Å². The van der Waals surface area contributed by atoms with E-state index in [1.165, 1.54) is 0 Å². The summed E-state index contributed by atoms with van der Waals surface area (Å²) in [7, 11) is 1.56. The number of hydrogen-bond donors (Lipinski definition) is 2. The molecule has 0 aliphatic rings. The predicted molar refractivity (Wildman–Crippen MR) is 91.2 cm³/mol. The Labute approximate surface area is 139 Å². The van der Waals surface area contributed by atoms with Gasteiger partial charge in [0.25, 0.3) is 5.91 Å². The number of amides is 1. The molecule has 1 aromatic carbocycles. The van der Waals surface area contributed by atoms with E-state index in [1.807, 2.05) is 13.8 Å². The minimum Gasteiger partial charge on any atom is -0.493 e. The molecule has 0 radical (unpaired) electrons.